The molecule has 0 saturated heterocycles. The van der Waals surface area contributed by atoms with Gasteiger partial charge < -0.3 is 10.4 Å². The standard InChI is InChI=1S/C21H29ClN4O/c1-4-16(22)7-5-6-15(2)18-14-23-20-9-8-19(25-26(18)20)24-17-10-12-21(3,27)13-11-17/h5-9,14,16-17,27H,4,10-13H2,1-3H3,(H,24,25)/b7-5-,15-6+. The van der Waals surface area contributed by atoms with Gasteiger partial charge in [0.1, 0.15) is 5.82 Å². The number of hydrogen-bond acceptors (Lipinski definition) is 4. The highest BCUT2D eigenvalue weighted by Crippen LogP contribution is 2.29. The van der Waals surface area contributed by atoms with Gasteiger partial charge in [-0.15, -0.1) is 16.7 Å². The van der Waals surface area contributed by atoms with Crippen molar-refractivity contribution in [2.75, 3.05) is 5.32 Å². The fraction of sp³-hybridized carbons (Fsp3) is 0.524. The second-order valence-electron chi connectivity index (χ2n) is 7.71. The van der Waals surface area contributed by atoms with Crippen LogP contribution in [-0.2, 0) is 0 Å². The number of allylic oxidation sites excluding steroid dienone is 4. The number of rotatable bonds is 6. The number of aromatic nitrogens is 3. The van der Waals surface area contributed by atoms with Gasteiger partial charge in [-0.1, -0.05) is 25.2 Å². The first-order valence-electron chi connectivity index (χ1n) is 9.71. The first-order valence-corrected chi connectivity index (χ1v) is 10.1. The van der Waals surface area contributed by atoms with E-state index in [1.807, 2.05) is 54.9 Å². The van der Waals surface area contributed by atoms with Gasteiger partial charge >= 0.3 is 0 Å². The minimum Gasteiger partial charge on any atom is -0.390 e. The van der Waals surface area contributed by atoms with E-state index in [-0.39, 0.29) is 5.38 Å². The lowest BCUT2D eigenvalue weighted by molar-refractivity contribution is 0.0196. The summed E-state index contributed by atoms with van der Waals surface area (Å²) in [7, 11) is 0. The van der Waals surface area contributed by atoms with E-state index in [2.05, 4.69) is 17.2 Å². The zero-order valence-corrected chi connectivity index (χ0v) is 17.1. The SMILES string of the molecule is CCC(Cl)/C=C\C=C(/C)c1cnc2ccc(NC3CCC(C)(O)CC3)nn12. The fourth-order valence-electron chi connectivity index (χ4n) is 3.35. The van der Waals surface area contributed by atoms with Crippen molar-refractivity contribution in [2.24, 2.45) is 0 Å². The lowest BCUT2D eigenvalue weighted by Crippen LogP contribution is -2.36. The maximum atomic E-state index is 10.1. The third kappa shape index (κ3) is 5.11. The lowest BCUT2D eigenvalue weighted by Gasteiger charge is -2.33. The van der Waals surface area contributed by atoms with Crippen LogP contribution >= 0.6 is 11.6 Å². The topological polar surface area (TPSA) is 62.5 Å². The van der Waals surface area contributed by atoms with Crippen LogP contribution in [0.15, 0.2) is 36.6 Å². The summed E-state index contributed by atoms with van der Waals surface area (Å²) in [4.78, 5) is 4.45. The fourth-order valence-corrected chi connectivity index (χ4v) is 3.44. The number of alkyl halides is 1. The summed E-state index contributed by atoms with van der Waals surface area (Å²) in [6, 6.07) is 4.29. The molecular formula is C21H29ClN4O. The van der Waals surface area contributed by atoms with Gasteiger partial charge in [0, 0.05) is 6.04 Å². The van der Waals surface area contributed by atoms with Gasteiger partial charge in [-0.3, -0.25) is 0 Å². The van der Waals surface area contributed by atoms with Crippen LogP contribution in [0.1, 0.15) is 58.6 Å². The molecule has 0 bridgehead atoms. The highest BCUT2D eigenvalue weighted by atomic mass is 35.5. The van der Waals surface area contributed by atoms with E-state index >= 15 is 0 Å². The second-order valence-corrected chi connectivity index (χ2v) is 8.27. The third-order valence-electron chi connectivity index (χ3n) is 5.24. The van der Waals surface area contributed by atoms with Crippen LogP contribution in [0.2, 0.25) is 0 Å². The van der Waals surface area contributed by atoms with E-state index in [9.17, 15) is 5.11 Å². The normalized spacial score (nSPS) is 25.2. The number of hydrogen-bond donors (Lipinski definition) is 2. The molecule has 6 heteroatoms. The summed E-state index contributed by atoms with van der Waals surface area (Å²) in [6.07, 6.45) is 12.3. The van der Waals surface area contributed by atoms with Gasteiger partial charge in [-0.05, 0) is 63.7 Å². The molecule has 1 unspecified atom stereocenters. The van der Waals surface area contributed by atoms with Crippen molar-refractivity contribution in [1.82, 2.24) is 14.6 Å². The van der Waals surface area contributed by atoms with Crippen molar-refractivity contribution < 1.29 is 5.11 Å². The van der Waals surface area contributed by atoms with Crippen LogP contribution in [0.3, 0.4) is 0 Å². The van der Waals surface area contributed by atoms with Crippen LogP contribution in [-0.4, -0.2) is 36.7 Å². The molecular weight excluding hydrogens is 360 g/mol. The Morgan fingerprint density at radius 2 is 2.19 bits per heavy atom. The molecule has 3 rings (SSSR count). The zero-order chi connectivity index (χ0) is 19.4. The maximum absolute atomic E-state index is 10.1. The highest BCUT2D eigenvalue weighted by molar-refractivity contribution is 6.21. The van der Waals surface area contributed by atoms with Crippen LogP contribution in [0, 0.1) is 0 Å². The molecule has 5 nitrogen and oxygen atoms in total. The van der Waals surface area contributed by atoms with E-state index in [1.54, 1.807) is 0 Å². The number of fused-ring (bicyclic) bond motifs is 1. The van der Waals surface area contributed by atoms with Gasteiger partial charge in [0.05, 0.1) is 22.9 Å². The Labute approximate surface area is 166 Å². The molecule has 0 spiro atoms. The maximum Gasteiger partial charge on any atom is 0.154 e. The van der Waals surface area contributed by atoms with Gasteiger partial charge in [-0.25, -0.2) is 9.50 Å². The highest BCUT2D eigenvalue weighted by Gasteiger charge is 2.28. The average Bonchev–Trinajstić information content (AvgIpc) is 3.06. The van der Waals surface area contributed by atoms with Crippen LogP contribution < -0.4 is 5.32 Å². The average molecular weight is 389 g/mol. The van der Waals surface area contributed by atoms with Gasteiger partial charge in [0.2, 0.25) is 0 Å². The van der Waals surface area contributed by atoms with Crippen molar-refractivity contribution in [3.05, 3.63) is 42.3 Å². The molecule has 0 amide bonds. The molecule has 1 fully saturated rings. The Bertz CT molecular complexity index is 830. The van der Waals surface area contributed by atoms with Gasteiger partial charge in [0.25, 0.3) is 0 Å². The monoisotopic (exact) mass is 388 g/mol. The Morgan fingerprint density at radius 1 is 1.44 bits per heavy atom. The molecule has 0 aliphatic heterocycles. The van der Waals surface area contributed by atoms with Crippen molar-refractivity contribution in [3.63, 3.8) is 0 Å². The van der Waals surface area contributed by atoms with E-state index in [4.69, 9.17) is 16.7 Å². The molecule has 27 heavy (non-hydrogen) atoms. The first-order chi connectivity index (χ1) is 12.9. The molecule has 2 aromatic rings. The van der Waals surface area contributed by atoms with Crippen LogP contribution in [0.25, 0.3) is 11.2 Å². The Kier molecular flexibility index (Phi) is 6.22. The summed E-state index contributed by atoms with van der Waals surface area (Å²) in [5.41, 5.74) is 2.34. The molecule has 0 aromatic carbocycles. The van der Waals surface area contributed by atoms with Crippen LogP contribution in [0.5, 0.6) is 0 Å². The Morgan fingerprint density at radius 3 is 2.89 bits per heavy atom. The van der Waals surface area contributed by atoms with E-state index < -0.39 is 5.60 Å². The molecule has 1 aliphatic carbocycles. The van der Waals surface area contributed by atoms with Crippen molar-refractivity contribution in [1.29, 1.82) is 0 Å². The van der Waals surface area contributed by atoms with E-state index in [1.165, 1.54) is 0 Å². The lowest BCUT2D eigenvalue weighted by atomic mass is 9.84. The zero-order valence-electron chi connectivity index (χ0n) is 16.3. The quantitative estimate of drug-likeness (QED) is 0.550. The minimum absolute atomic E-state index is 0.0569. The third-order valence-corrected chi connectivity index (χ3v) is 5.69. The summed E-state index contributed by atoms with van der Waals surface area (Å²) < 4.78 is 1.87. The molecule has 0 radical (unpaired) electrons. The number of imidazole rings is 1. The number of nitrogens with zero attached hydrogens (tertiary/aromatic N) is 3. The number of halogens is 1. The van der Waals surface area contributed by atoms with Crippen LogP contribution in [0.4, 0.5) is 5.82 Å². The number of aliphatic hydroxyl groups is 1. The molecule has 2 aromatic heterocycles. The van der Waals surface area contributed by atoms with Crippen molar-refractivity contribution >= 4 is 28.6 Å². The molecule has 146 valence electrons. The van der Waals surface area contributed by atoms with E-state index in [0.717, 1.165) is 54.8 Å². The van der Waals surface area contributed by atoms with Gasteiger partial charge in [0.15, 0.2) is 5.65 Å². The van der Waals surface area contributed by atoms with Crippen molar-refractivity contribution in [3.8, 4) is 0 Å². The Balaban J connectivity index is 1.76. The summed E-state index contributed by atoms with van der Waals surface area (Å²) >= 11 is 6.13. The first kappa shape index (κ1) is 19.9. The largest absolute Gasteiger partial charge is 0.390 e. The van der Waals surface area contributed by atoms with E-state index in [0.29, 0.717) is 6.04 Å². The summed E-state index contributed by atoms with van der Waals surface area (Å²) in [6.45, 7) is 6.03. The predicted octanol–water partition coefficient (Wildman–Crippen LogP) is 4.81. The summed E-state index contributed by atoms with van der Waals surface area (Å²) in [5, 5.41) is 18.4. The molecule has 2 heterocycles. The second kappa shape index (κ2) is 8.44. The predicted molar refractivity (Wildman–Crippen MR) is 112 cm³/mol. The minimum atomic E-state index is -0.525. The molecule has 2 N–H and O–H groups in total. The summed E-state index contributed by atoms with van der Waals surface area (Å²) in [5.74, 6) is 0.837. The molecule has 1 atom stereocenters. The molecule has 1 aliphatic rings. The smallest absolute Gasteiger partial charge is 0.154 e. The van der Waals surface area contributed by atoms with Crippen molar-refractivity contribution in [2.45, 2.75) is 69.9 Å². The number of anilines is 1. The number of nitrogens with one attached hydrogen (secondary N) is 1. The van der Waals surface area contributed by atoms with Gasteiger partial charge in [-0.2, -0.15) is 0 Å². The Hall–Kier alpha value is -1.85. The molecule has 1 saturated carbocycles.